The maximum atomic E-state index is 12.1. The lowest BCUT2D eigenvalue weighted by atomic mass is 10.1. The summed E-state index contributed by atoms with van der Waals surface area (Å²) in [4.78, 5) is 16.2. The quantitative estimate of drug-likeness (QED) is 0.682. The molecule has 0 saturated heterocycles. The third-order valence-corrected chi connectivity index (χ3v) is 3.48. The topological polar surface area (TPSA) is 49.6 Å². The van der Waals surface area contributed by atoms with Crippen LogP contribution < -0.4 is 5.73 Å². The molecule has 0 fully saturated rings. The molecular formula is C14H31N3O. The maximum absolute atomic E-state index is 12.1. The molecule has 4 nitrogen and oxygen atoms in total. The minimum absolute atomic E-state index is 0.164. The molecule has 1 amide bonds. The van der Waals surface area contributed by atoms with Crippen molar-refractivity contribution in [2.75, 3.05) is 33.2 Å². The van der Waals surface area contributed by atoms with E-state index in [1.54, 1.807) is 0 Å². The summed E-state index contributed by atoms with van der Waals surface area (Å²) in [7, 11) is 2.06. The van der Waals surface area contributed by atoms with Gasteiger partial charge in [-0.25, -0.2) is 0 Å². The Balaban J connectivity index is 4.27. The summed E-state index contributed by atoms with van der Waals surface area (Å²) in [5, 5.41) is 0. The Morgan fingerprint density at radius 2 is 1.78 bits per heavy atom. The summed E-state index contributed by atoms with van der Waals surface area (Å²) in [5.74, 6) is 0.899. The van der Waals surface area contributed by atoms with Gasteiger partial charge >= 0.3 is 0 Å². The van der Waals surface area contributed by atoms with Crippen molar-refractivity contribution in [1.29, 1.82) is 0 Å². The molecule has 18 heavy (non-hydrogen) atoms. The van der Waals surface area contributed by atoms with Crippen LogP contribution in [0.25, 0.3) is 0 Å². The van der Waals surface area contributed by atoms with Crippen molar-refractivity contribution in [2.24, 2.45) is 11.7 Å². The first kappa shape index (κ1) is 17.4. The van der Waals surface area contributed by atoms with Crippen molar-refractivity contribution >= 4 is 5.91 Å². The standard InChI is InChI=1S/C14H31N3O/c1-6-17(7-2)14(18)10-13(11-15)16(5)9-8-12(3)4/h12-13H,6-11,15H2,1-5H3. The molecule has 2 N–H and O–H groups in total. The van der Waals surface area contributed by atoms with Crippen molar-refractivity contribution in [2.45, 2.75) is 46.6 Å². The first-order valence-corrected chi connectivity index (χ1v) is 7.14. The number of rotatable bonds is 9. The maximum Gasteiger partial charge on any atom is 0.224 e. The van der Waals surface area contributed by atoms with Gasteiger partial charge in [-0.05, 0) is 39.8 Å². The number of hydrogen-bond acceptors (Lipinski definition) is 3. The van der Waals surface area contributed by atoms with Gasteiger partial charge in [0.05, 0.1) is 0 Å². The van der Waals surface area contributed by atoms with E-state index in [1.165, 1.54) is 0 Å². The van der Waals surface area contributed by atoms with Crippen LogP contribution in [-0.4, -0.2) is 55.0 Å². The van der Waals surface area contributed by atoms with Crippen LogP contribution in [0.3, 0.4) is 0 Å². The molecule has 0 radical (unpaired) electrons. The lowest BCUT2D eigenvalue weighted by molar-refractivity contribution is -0.132. The van der Waals surface area contributed by atoms with Crippen LogP contribution in [0, 0.1) is 5.92 Å². The highest BCUT2D eigenvalue weighted by atomic mass is 16.2. The summed E-state index contributed by atoms with van der Waals surface area (Å²) in [6.45, 7) is 11.6. The SMILES string of the molecule is CCN(CC)C(=O)CC(CN)N(C)CCC(C)C. The number of nitrogens with two attached hydrogens (primary N) is 1. The second kappa shape index (κ2) is 9.34. The van der Waals surface area contributed by atoms with Crippen LogP contribution in [0.2, 0.25) is 0 Å². The van der Waals surface area contributed by atoms with E-state index >= 15 is 0 Å². The Kier molecular flexibility index (Phi) is 9.02. The van der Waals surface area contributed by atoms with Crippen LogP contribution in [0.5, 0.6) is 0 Å². The van der Waals surface area contributed by atoms with E-state index in [9.17, 15) is 4.79 Å². The molecule has 0 saturated carbocycles. The zero-order valence-corrected chi connectivity index (χ0v) is 12.8. The summed E-state index contributed by atoms with van der Waals surface area (Å²) in [6, 6.07) is 0.164. The molecule has 0 aromatic rings. The van der Waals surface area contributed by atoms with E-state index in [1.807, 2.05) is 18.7 Å². The molecule has 0 spiro atoms. The number of amides is 1. The molecule has 4 heteroatoms. The van der Waals surface area contributed by atoms with Gasteiger partial charge in [0, 0.05) is 32.1 Å². The van der Waals surface area contributed by atoms with Crippen molar-refractivity contribution in [3.05, 3.63) is 0 Å². The molecule has 108 valence electrons. The minimum atomic E-state index is 0.164. The number of hydrogen-bond donors (Lipinski definition) is 1. The second-order valence-electron chi connectivity index (χ2n) is 5.32. The van der Waals surface area contributed by atoms with Crippen molar-refractivity contribution in [3.8, 4) is 0 Å². The van der Waals surface area contributed by atoms with Crippen molar-refractivity contribution < 1.29 is 4.79 Å². The highest BCUT2D eigenvalue weighted by molar-refractivity contribution is 5.76. The van der Waals surface area contributed by atoms with Gasteiger partial charge in [0.1, 0.15) is 0 Å². The first-order valence-electron chi connectivity index (χ1n) is 7.14. The zero-order chi connectivity index (χ0) is 14.1. The average Bonchev–Trinajstić information content (AvgIpc) is 2.34. The largest absolute Gasteiger partial charge is 0.343 e. The summed E-state index contributed by atoms with van der Waals surface area (Å²) in [6.07, 6.45) is 1.68. The molecule has 1 atom stereocenters. The molecule has 0 aromatic heterocycles. The highest BCUT2D eigenvalue weighted by Crippen LogP contribution is 2.08. The van der Waals surface area contributed by atoms with Gasteiger partial charge in [0.15, 0.2) is 0 Å². The second-order valence-corrected chi connectivity index (χ2v) is 5.32. The van der Waals surface area contributed by atoms with Crippen LogP contribution in [0.4, 0.5) is 0 Å². The molecular weight excluding hydrogens is 226 g/mol. The van der Waals surface area contributed by atoms with Gasteiger partial charge in [-0.2, -0.15) is 0 Å². The third-order valence-electron chi connectivity index (χ3n) is 3.48. The molecule has 0 rings (SSSR count). The molecule has 0 bridgehead atoms. The first-order chi connectivity index (χ1) is 8.46. The van der Waals surface area contributed by atoms with E-state index in [-0.39, 0.29) is 11.9 Å². The predicted molar refractivity (Wildman–Crippen MR) is 77.5 cm³/mol. The van der Waals surface area contributed by atoms with Crippen LogP contribution in [0.1, 0.15) is 40.5 Å². The van der Waals surface area contributed by atoms with Crippen LogP contribution in [-0.2, 0) is 4.79 Å². The zero-order valence-electron chi connectivity index (χ0n) is 12.8. The van der Waals surface area contributed by atoms with Gasteiger partial charge in [-0.3, -0.25) is 4.79 Å². The van der Waals surface area contributed by atoms with E-state index in [0.29, 0.717) is 18.9 Å². The molecule has 0 aliphatic carbocycles. The Morgan fingerprint density at radius 3 is 2.17 bits per heavy atom. The monoisotopic (exact) mass is 257 g/mol. The van der Waals surface area contributed by atoms with Gasteiger partial charge in [-0.1, -0.05) is 13.8 Å². The van der Waals surface area contributed by atoms with Gasteiger partial charge in [0.2, 0.25) is 5.91 Å². The third kappa shape index (κ3) is 6.36. The van der Waals surface area contributed by atoms with E-state index in [4.69, 9.17) is 5.73 Å². The Bertz CT molecular complexity index is 227. The number of carbonyl (C=O) groups is 1. The molecule has 0 aliphatic rings. The highest BCUT2D eigenvalue weighted by Gasteiger charge is 2.19. The van der Waals surface area contributed by atoms with Crippen LogP contribution in [0.15, 0.2) is 0 Å². The molecule has 0 aliphatic heterocycles. The molecule has 0 heterocycles. The average molecular weight is 257 g/mol. The minimum Gasteiger partial charge on any atom is -0.343 e. The number of carbonyl (C=O) groups excluding carboxylic acids is 1. The Hall–Kier alpha value is -0.610. The van der Waals surface area contributed by atoms with Gasteiger partial charge in [-0.15, -0.1) is 0 Å². The van der Waals surface area contributed by atoms with E-state index < -0.39 is 0 Å². The Morgan fingerprint density at radius 1 is 1.22 bits per heavy atom. The van der Waals surface area contributed by atoms with E-state index in [0.717, 1.165) is 26.1 Å². The smallest absolute Gasteiger partial charge is 0.224 e. The number of likely N-dealkylation sites (N-methyl/N-ethyl adjacent to an activating group) is 1. The summed E-state index contributed by atoms with van der Waals surface area (Å²) < 4.78 is 0. The van der Waals surface area contributed by atoms with Gasteiger partial charge in [0.25, 0.3) is 0 Å². The lowest BCUT2D eigenvalue weighted by Crippen LogP contribution is -2.43. The fraction of sp³-hybridized carbons (Fsp3) is 0.929. The summed E-state index contributed by atoms with van der Waals surface area (Å²) >= 11 is 0. The fourth-order valence-electron chi connectivity index (χ4n) is 1.97. The van der Waals surface area contributed by atoms with Crippen molar-refractivity contribution in [3.63, 3.8) is 0 Å². The van der Waals surface area contributed by atoms with Gasteiger partial charge < -0.3 is 15.5 Å². The summed E-state index contributed by atoms with van der Waals surface area (Å²) in [5.41, 5.74) is 5.80. The number of nitrogens with zero attached hydrogens (tertiary/aromatic N) is 2. The van der Waals surface area contributed by atoms with Crippen LogP contribution >= 0.6 is 0 Å². The normalized spacial score (nSPS) is 13.1. The predicted octanol–water partition coefficient (Wildman–Crippen LogP) is 1.55. The molecule has 1 unspecified atom stereocenters. The fourth-order valence-corrected chi connectivity index (χ4v) is 1.97. The van der Waals surface area contributed by atoms with Crippen molar-refractivity contribution in [1.82, 2.24) is 9.80 Å². The van der Waals surface area contributed by atoms with E-state index in [2.05, 4.69) is 25.8 Å². The Labute approximate surface area is 113 Å². The molecule has 0 aromatic carbocycles. The lowest BCUT2D eigenvalue weighted by Gasteiger charge is -2.29.